The van der Waals surface area contributed by atoms with E-state index >= 15 is 0 Å². The number of nitrogens with one attached hydrogen (secondary N) is 3. The highest BCUT2D eigenvalue weighted by atomic mass is 32.2. The van der Waals surface area contributed by atoms with Crippen LogP contribution in [0.2, 0.25) is 0 Å². The number of rotatable bonds is 11. The molecule has 7 nitrogen and oxygen atoms in total. The smallest absolute Gasteiger partial charge is 0.211 e. The van der Waals surface area contributed by atoms with E-state index in [9.17, 15) is 8.42 Å². The summed E-state index contributed by atoms with van der Waals surface area (Å²) in [4.78, 5) is 4.56. The van der Waals surface area contributed by atoms with Crippen molar-refractivity contribution >= 4 is 16.0 Å². The second-order valence-electron chi connectivity index (χ2n) is 5.95. The van der Waals surface area contributed by atoms with Crippen LogP contribution in [0.1, 0.15) is 38.7 Å². The Kier molecular flexibility index (Phi) is 10.0. The van der Waals surface area contributed by atoms with Crippen molar-refractivity contribution in [1.82, 2.24) is 15.4 Å². The minimum Gasteiger partial charge on any atom is -0.497 e. The average molecular weight is 385 g/mol. The molecule has 0 bridgehead atoms. The van der Waals surface area contributed by atoms with Gasteiger partial charge in [0.2, 0.25) is 10.0 Å². The van der Waals surface area contributed by atoms with Gasteiger partial charge in [-0.15, -0.1) is 0 Å². The molecule has 26 heavy (non-hydrogen) atoms. The molecular weight excluding hydrogens is 352 g/mol. The highest BCUT2D eigenvalue weighted by molar-refractivity contribution is 7.89. The van der Waals surface area contributed by atoms with Gasteiger partial charge in [-0.1, -0.05) is 19.1 Å². The first-order valence-corrected chi connectivity index (χ1v) is 10.7. The maximum atomic E-state index is 11.4. The Labute approximate surface area is 157 Å². The second-order valence-corrected chi connectivity index (χ2v) is 8.04. The number of benzene rings is 1. The van der Waals surface area contributed by atoms with Crippen molar-refractivity contribution in [2.45, 2.75) is 33.1 Å². The van der Waals surface area contributed by atoms with Crippen LogP contribution in [0.5, 0.6) is 5.75 Å². The summed E-state index contributed by atoms with van der Waals surface area (Å²) in [5.41, 5.74) is 1.26. The Hall–Kier alpha value is -1.80. The molecule has 0 saturated heterocycles. The van der Waals surface area contributed by atoms with E-state index < -0.39 is 10.0 Å². The van der Waals surface area contributed by atoms with Gasteiger partial charge in [0.25, 0.3) is 0 Å². The molecule has 0 aliphatic rings. The highest BCUT2D eigenvalue weighted by Crippen LogP contribution is 2.21. The van der Waals surface area contributed by atoms with Gasteiger partial charge in [-0.3, -0.25) is 4.99 Å². The Bertz CT molecular complexity index is 645. The standard InChI is InChI=1S/C18H32N4O3S/c1-5-19-18(21-13-14-22-26(23,24)6-2)20-12-11-15(3)16-7-9-17(25-4)10-8-16/h7-10,15,22H,5-6,11-14H2,1-4H3,(H2,19,20,21). The molecule has 0 fully saturated rings. The molecule has 1 atom stereocenters. The van der Waals surface area contributed by atoms with E-state index in [1.54, 1.807) is 14.0 Å². The number of hydrogen-bond donors (Lipinski definition) is 3. The molecule has 0 spiro atoms. The van der Waals surface area contributed by atoms with Gasteiger partial charge in [0.05, 0.1) is 12.9 Å². The van der Waals surface area contributed by atoms with Gasteiger partial charge in [-0.2, -0.15) is 0 Å². The van der Waals surface area contributed by atoms with Crippen LogP contribution in [0.4, 0.5) is 0 Å². The van der Waals surface area contributed by atoms with Crippen LogP contribution < -0.4 is 20.1 Å². The minimum absolute atomic E-state index is 0.0877. The van der Waals surface area contributed by atoms with Gasteiger partial charge in [0.15, 0.2) is 5.96 Å². The Morgan fingerprint density at radius 3 is 2.42 bits per heavy atom. The number of guanidine groups is 1. The van der Waals surface area contributed by atoms with E-state index in [1.165, 1.54) is 5.56 Å². The summed E-state index contributed by atoms with van der Waals surface area (Å²) in [7, 11) is -1.49. The number of nitrogens with zero attached hydrogens (tertiary/aromatic N) is 1. The van der Waals surface area contributed by atoms with Gasteiger partial charge < -0.3 is 15.4 Å². The predicted octanol–water partition coefficient (Wildman–Crippen LogP) is 1.68. The van der Waals surface area contributed by atoms with Crippen molar-refractivity contribution in [2.24, 2.45) is 4.99 Å². The minimum atomic E-state index is -3.15. The lowest BCUT2D eigenvalue weighted by molar-refractivity contribution is 0.414. The van der Waals surface area contributed by atoms with Crippen molar-refractivity contribution in [3.63, 3.8) is 0 Å². The van der Waals surface area contributed by atoms with Gasteiger partial charge in [-0.25, -0.2) is 13.1 Å². The summed E-state index contributed by atoms with van der Waals surface area (Å²) in [6.45, 7) is 8.05. The molecule has 0 aromatic heterocycles. The van der Waals surface area contributed by atoms with Crippen LogP contribution in [0.15, 0.2) is 29.3 Å². The van der Waals surface area contributed by atoms with Crippen molar-refractivity contribution in [3.05, 3.63) is 29.8 Å². The van der Waals surface area contributed by atoms with E-state index in [-0.39, 0.29) is 5.75 Å². The number of ether oxygens (including phenoxy) is 1. The van der Waals surface area contributed by atoms with Crippen molar-refractivity contribution in [3.8, 4) is 5.75 Å². The summed E-state index contributed by atoms with van der Waals surface area (Å²) >= 11 is 0. The van der Waals surface area contributed by atoms with E-state index in [2.05, 4.69) is 39.4 Å². The van der Waals surface area contributed by atoms with Crippen LogP contribution in [-0.4, -0.2) is 53.4 Å². The van der Waals surface area contributed by atoms with Crippen molar-refractivity contribution in [2.75, 3.05) is 39.0 Å². The monoisotopic (exact) mass is 384 g/mol. The summed E-state index contributed by atoms with van der Waals surface area (Å²) in [6.07, 6.45) is 0.922. The third-order valence-electron chi connectivity index (χ3n) is 3.98. The molecule has 1 unspecified atom stereocenters. The normalized spacial score (nSPS) is 13.3. The molecule has 0 aliphatic carbocycles. The topological polar surface area (TPSA) is 91.8 Å². The first-order chi connectivity index (χ1) is 12.4. The van der Waals surface area contributed by atoms with E-state index in [0.29, 0.717) is 31.5 Å². The number of hydrogen-bond acceptors (Lipinski definition) is 4. The first kappa shape index (κ1) is 22.2. The molecule has 1 aromatic carbocycles. The summed E-state index contributed by atoms with van der Waals surface area (Å²) in [6, 6.07) is 8.10. The number of methoxy groups -OCH3 is 1. The Morgan fingerprint density at radius 1 is 1.15 bits per heavy atom. The number of sulfonamides is 1. The Morgan fingerprint density at radius 2 is 1.85 bits per heavy atom. The zero-order valence-electron chi connectivity index (χ0n) is 16.2. The molecule has 0 aliphatic heterocycles. The maximum Gasteiger partial charge on any atom is 0.211 e. The fourth-order valence-corrected chi connectivity index (χ4v) is 2.92. The zero-order valence-corrected chi connectivity index (χ0v) is 17.0. The summed E-state index contributed by atoms with van der Waals surface area (Å²) < 4.78 is 30.5. The molecule has 3 N–H and O–H groups in total. The third kappa shape index (κ3) is 8.53. The molecule has 0 radical (unpaired) electrons. The lowest BCUT2D eigenvalue weighted by Gasteiger charge is -2.14. The third-order valence-corrected chi connectivity index (χ3v) is 5.38. The molecule has 0 saturated carbocycles. The number of aliphatic imine (C=N–C) groups is 1. The Balaban J connectivity index is 2.44. The van der Waals surface area contributed by atoms with Crippen LogP contribution in [0.3, 0.4) is 0 Å². The first-order valence-electron chi connectivity index (χ1n) is 9.05. The van der Waals surface area contributed by atoms with Gasteiger partial charge >= 0.3 is 0 Å². The largest absolute Gasteiger partial charge is 0.497 e. The molecule has 0 amide bonds. The van der Waals surface area contributed by atoms with Gasteiger partial charge in [-0.05, 0) is 43.9 Å². The van der Waals surface area contributed by atoms with Gasteiger partial charge in [0.1, 0.15) is 5.75 Å². The van der Waals surface area contributed by atoms with Gasteiger partial charge in [0, 0.05) is 26.2 Å². The van der Waals surface area contributed by atoms with Crippen molar-refractivity contribution < 1.29 is 13.2 Å². The van der Waals surface area contributed by atoms with E-state index in [4.69, 9.17) is 4.74 Å². The average Bonchev–Trinajstić information content (AvgIpc) is 2.65. The zero-order chi connectivity index (χ0) is 19.4. The van der Waals surface area contributed by atoms with Crippen LogP contribution >= 0.6 is 0 Å². The van der Waals surface area contributed by atoms with E-state index in [0.717, 1.165) is 18.7 Å². The SMILES string of the molecule is CCNC(=NCCC(C)c1ccc(OC)cc1)NCCNS(=O)(=O)CC. The second kappa shape index (κ2) is 11.7. The van der Waals surface area contributed by atoms with Crippen LogP contribution in [0, 0.1) is 0 Å². The highest BCUT2D eigenvalue weighted by Gasteiger charge is 2.07. The molecule has 1 aromatic rings. The fraction of sp³-hybridized carbons (Fsp3) is 0.611. The molecule has 148 valence electrons. The predicted molar refractivity (Wildman–Crippen MR) is 107 cm³/mol. The van der Waals surface area contributed by atoms with Crippen LogP contribution in [-0.2, 0) is 10.0 Å². The fourth-order valence-electron chi connectivity index (χ4n) is 2.30. The van der Waals surface area contributed by atoms with E-state index in [1.807, 2.05) is 19.1 Å². The quantitative estimate of drug-likeness (QED) is 0.307. The summed E-state index contributed by atoms with van der Waals surface area (Å²) in [5, 5.41) is 6.31. The summed E-state index contributed by atoms with van der Waals surface area (Å²) in [5.74, 6) is 2.04. The molecule has 1 rings (SSSR count). The molecular formula is C18H32N4O3S. The molecule has 0 heterocycles. The van der Waals surface area contributed by atoms with Crippen LogP contribution in [0.25, 0.3) is 0 Å². The van der Waals surface area contributed by atoms with Crippen molar-refractivity contribution in [1.29, 1.82) is 0 Å². The lowest BCUT2D eigenvalue weighted by Crippen LogP contribution is -2.41. The molecule has 8 heteroatoms. The maximum absolute atomic E-state index is 11.4. The lowest BCUT2D eigenvalue weighted by atomic mass is 9.98.